The molecular formula is C26H25ClN2O5. The van der Waals surface area contributed by atoms with Gasteiger partial charge in [0.05, 0.1) is 39.0 Å². The monoisotopic (exact) mass is 480 g/mol. The Balaban J connectivity index is 1.38. The van der Waals surface area contributed by atoms with E-state index in [1.165, 1.54) is 7.11 Å². The molecule has 1 aliphatic rings. The van der Waals surface area contributed by atoms with Gasteiger partial charge in [0.2, 0.25) is 0 Å². The Morgan fingerprint density at radius 1 is 1.06 bits per heavy atom. The number of halogens is 1. The number of hydrogen-bond acceptors (Lipinski definition) is 5. The minimum Gasteiger partial charge on any atom is -0.491 e. The van der Waals surface area contributed by atoms with Gasteiger partial charge in [0, 0.05) is 16.3 Å². The standard InChI is InChI=1S/C26H25ClN2O5/c1-32-25(30)19-7-9-22(10-8-19)28-26(31)29-12-13-34-24-11-6-18(14-21(24)15-29)16-33-17-20-4-2-3-5-23(20)27/h2-11,14H,12-13,15-17H2,1H3,(H,28,31). The number of hydrogen-bond donors (Lipinski definition) is 1. The highest BCUT2D eigenvalue weighted by Crippen LogP contribution is 2.26. The fourth-order valence-electron chi connectivity index (χ4n) is 3.62. The highest BCUT2D eigenvalue weighted by Gasteiger charge is 2.20. The van der Waals surface area contributed by atoms with Gasteiger partial charge in [-0.3, -0.25) is 0 Å². The average molecular weight is 481 g/mol. The van der Waals surface area contributed by atoms with Gasteiger partial charge in [-0.2, -0.15) is 0 Å². The molecule has 8 heteroatoms. The largest absolute Gasteiger partial charge is 0.491 e. The molecule has 1 aliphatic heterocycles. The van der Waals surface area contributed by atoms with Crippen LogP contribution in [0.4, 0.5) is 10.5 Å². The van der Waals surface area contributed by atoms with Crippen molar-refractivity contribution < 1.29 is 23.8 Å². The molecule has 0 atom stereocenters. The van der Waals surface area contributed by atoms with E-state index in [-0.39, 0.29) is 6.03 Å². The van der Waals surface area contributed by atoms with Gasteiger partial charge in [0.15, 0.2) is 0 Å². The Hall–Kier alpha value is -3.55. The number of benzene rings is 3. The van der Waals surface area contributed by atoms with Crippen molar-refractivity contribution in [1.29, 1.82) is 0 Å². The molecule has 0 aromatic heterocycles. The van der Waals surface area contributed by atoms with Crippen LogP contribution < -0.4 is 10.1 Å². The number of amides is 2. The third-order valence-corrected chi connectivity index (χ3v) is 5.80. The fraction of sp³-hybridized carbons (Fsp3) is 0.231. The van der Waals surface area contributed by atoms with Crippen LogP contribution in [-0.4, -0.2) is 37.2 Å². The van der Waals surface area contributed by atoms with E-state index < -0.39 is 5.97 Å². The lowest BCUT2D eigenvalue weighted by Crippen LogP contribution is -2.36. The summed E-state index contributed by atoms with van der Waals surface area (Å²) in [5.74, 6) is 0.332. The lowest BCUT2D eigenvalue weighted by molar-refractivity contribution is 0.0600. The molecule has 3 aromatic rings. The molecule has 34 heavy (non-hydrogen) atoms. The van der Waals surface area contributed by atoms with E-state index in [0.717, 1.165) is 22.4 Å². The first-order valence-electron chi connectivity index (χ1n) is 10.8. The zero-order valence-electron chi connectivity index (χ0n) is 18.8. The quantitative estimate of drug-likeness (QED) is 0.486. The minimum absolute atomic E-state index is 0.248. The summed E-state index contributed by atoms with van der Waals surface area (Å²) < 4.78 is 16.4. The van der Waals surface area contributed by atoms with Gasteiger partial charge in [-0.25, -0.2) is 9.59 Å². The number of rotatable bonds is 6. The summed E-state index contributed by atoms with van der Waals surface area (Å²) >= 11 is 6.19. The maximum atomic E-state index is 12.9. The van der Waals surface area contributed by atoms with E-state index in [9.17, 15) is 9.59 Å². The predicted octanol–water partition coefficient (Wildman–Crippen LogP) is 5.27. The fourth-order valence-corrected chi connectivity index (χ4v) is 3.81. The first-order valence-corrected chi connectivity index (χ1v) is 11.2. The Labute approximate surface area is 203 Å². The number of ether oxygens (including phenoxy) is 3. The molecule has 0 saturated carbocycles. The predicted molar refractivity (Wildman–Crippen MR) is 129 cm³/mol. The molecule has 4 rings (SSSR count). The number of carbonyl (C=O) groups is 2. The maximum Gasteiger partial charge on any atom is 0.337 e. The zero-order valence-corrected chi connectivity index (χ0v) is 19.5. The topological polar surface area (TPSA) is 77.1 Å². The normalized spacial score (nSPS) is 12.8. The Morgan fingerprint density at radius 3 is 2.62 bits per heavy atom. The van der Waals surface area contributed by atoms with Crippen LogP contribution >= 0.6 is 11.6 Å². The number of anilines is 1. The van der Waals surface area contributed by atoms with E-state index in [1.807, 2.05) is 42.5 Å². The summed E-state index contributed by atoms with van der Waals surface area (Å²) in [6, 6.07) is 19.8. The Bertz CT molecular complexity index is 1170. The van der Waals surface area contributed by atoms with Crippen LogP contribution in [0, 0.1) is 0 Å². The SMILES string of the molecule is COC(=O)c1ccc(NC(=O)N2CCOc3ccc(COCc4ccccc4Cl)cc3C2)cc1. The van der Waals surface area contributed by atoms with E-state index in [1.54, 1.807) is 29.2 Å². The van der Waals surface area contributed by atoms with Crippen LogP contribution in [-0.2, 0) is 29.2 Å². The number of fused-ring (bicyclic) bond motifs is 1. The summed E-state index contributed by atoms with van der Waals surface area (Å²) in [6.07, 6.45) is 0. The molecule has 0 saturated heterocycles. The van der Waals surface area contributed by atoms with Gasteiger partial charge in [-0.05, 0) is 53.6 Å². The average Bonchev–Trinajstić information content (AvgIpc) is 3.07. The van der Waals surface area contributed by atoms with Crippen molar-refractivity contribution in [2.45, 2.75) is 19.8 Å². The number of esters is 1. The lowest BCUT2D eigenvalue weighted by Gasteiger charge is -2.20. The van der Waals surface area contributed by atoms with Crippen LogP contribution in [0.2, 0.25) is 5.02 Å². The molecule has 0 spiro atoms. The first-order chi connectivity index (χ1) is 16.5. The van der Waals surface area contributed by atoms with Gasteiger partial charge >= 0.3 is 12.0 Å². The molecule has 2 amide bonds. The number of nitrogens with zero attached hydrogens (tertiary/aromatic N) is 1. The smallest absolute Gasteiger partial charge is 0.337 e. The second kappa shape index (κ2) is 11.0. The summed E-state index contributed by atoms with van der Waals surface area (Å²) in [7, 11) is 1.33. The van der Waals surface area contributed by atoms with Gasteiger partial charge in [0.1, 0.15) is 12.4 Å². The van der Waals surface area contributed by atoms with Crippen LogP contribution in [0.25, 0.3) is 0 Å². The molecule has 0 unspecified atom stereocenters. The molecule has 1 heterocycles. The van der Waals surface area contributed by atoms with Crippen molar-refractivity contribution in [2.24, 2.45) is 0 Å². The number of nitrogens with one attached hydrogen (secondary N) is 1. The van der Waals surface area contributed by atoms with Crippen LogP contribution in [0.3, 0.4) is 0 Å². The maximum absolute atomic E-state index is 12.9. The molecule has 3 aromatic carbocycles. The van der Waals surface area contributed by atoms with Gasteiger partial charge in [0.25, 0.3) is 0 Å². The van der Waals surface area contributed by atoms with Crippen LogP contribution in [0.15, 0.2) is 66.7 Å². The zero-order chi connectivity index (χ0) is 23.9. The first kappa shape index (κ1) is 23.6. The van der Waals surface area contributed by atoms with Crippen LogP contribution in [0.1, 0.15) is 27.0 Å². The third-order valence-electron chi connectivity index (χ3n) is 5.43. The van der Waals surface area contributed by atoms with E-state index in [4.69, 9.17) is 25.8 Å². The van der Waals surface area contributed by atoms with E-state index in [0.29, 0.717) is 49.2 Å². The molecule has 0 bridgehead atoms. The summed E-state index contributed by atoms with van der Waals surface area (Å²) in [5, 5.41) is 3.55. The third kappa shape index (κ3) is 5.87. The number of methoxy groups -OCH3 is 1. The molecule has 0 aliphatic carbocycles. The van der Waals surface area contributed by atoms with E-state index >= 15 is 0 Å². The summed E-state index contributed by atoms with van der Waals surface area (Å²) in [4.78, 5) is 26.2. The van der Waals surface area contributed by atoms with Crippen LogP contribution in [0.5, 0.6) is 5.75 Å². The van der Waals surface area contributed by atoms with E-state index in [2.05, 4.69) is 5.32 Å². The molecule has 0 fully saturated rings. The summed E-state index contributed by atoms with van der Waals surface area (Å²) in [5.41, 5.74) is 3.83. The Kier molecular flexibility index (Phi) is 7.67. The number of carbonyl (C=O) groups excluding carboxylic acids is 2. The van der Waals surface area contributed by atoms with Crippen molar-refractivity contribution in [2.75, 3.05) is 25.6 Å². The van der Waals surface area contributed by atoms with Crippen molar-refractivity contribution >= 4 is 29.3 Å². The molecule has 7 nitrogen and oxygen atoms in total. The van der Waals surface area contributed by atoms with Gasteiger partial charge < -0.3 is 24.4 Å². The van der Waals surface area contributed by atoms with Crippen molar-refractivity contribution in [3.05, 3.63) is 94.0 Å². The Morgan fingerprint density at radius 2 is 1.85 bits per heavy atom. The molecule has 176 valence electrons. The molecule has 0 radical (unpaired) electrons. The van der Waals surface area contributed by atoms with Crippen molar-refractivity contribution in [1.82, 2.24) is 4.90 Å². The highest BCUT2D eigenvalue weighted by atomic mass is 35.5. The second-order valence-corrected chi connectivity index (χ2v) is 8.20. The minimum atomic E-state index is -0.425. The second-order valence-electron chi connectivity index (χ2n) is 7.80. The molecular weight excluding hydrogens is 456 g/mol. The van der Waals surface area contributed by atoms with Gasteiger partial charge in [-0.15, -0.1) is 0 Å². The number of urea groups is 1. The van der Waals surface area contributed by atoms with Gasteiger partial charge in [-0.1, -0.05) is 35.9 Å². The highest BCUT2D eigenvalue weighted by molar-refractivity contribution is 6.31. The molecule has 1 N–H and O–H groups in total. The van der Waals surface area contributed by atoms with Crippen molar-refractivity contribution in [3.8, 4) is 5.75 Å². The lowest BCUT2D eigenvalue weighted by atomic mass is 10.1. The summed E-state index contributed by atoms with van der Waals surface area (Å²) in [6.45, 7) is 2.07. The van der Waals surface area contributed by atoms with Crippen molar-refractivity contribution in [3.63, 3.8) is 0 Å².